The summed E-state index contributed by atoms with van der Waals surface area (Å²) >= 11 is 6.11. The van der Waals surface area contributed by atoms with E-state index in [0.29, 0.717) is 11.3 Å². The molecule has 0 spiro atoms. The number of nitro groups is 1. The van der Waals surface area contributed by atoms with Crippen molar-refractivity contribution in [2.24, 2.45) is 0 Å². The Hall–Kier alpha value is -2.16. The van der Waals surface area contributed by atoms with E-state index in [-0.39, 0.29) is 4.90 Å². The standard InChI is InChI=1S/C17H19ClN2O5S/c1-12-4-10-15(11-5-12)26(23,24)19-16(17(2,18)20(21)22)13-6-8-14(25-3)9-7-13/h4-11,16,19H,1-3H3/t16-,17+/m1/s1. The van der Waals surface area contributed by atoms with E-state index in [4.69, 9.17) is 16.3 Å². The van der Waals surface area contributed by atoms with E-state index in [0.717, 1.165) is 12.5 Å². The molecule has 0 fully saturated rings. The number of nitrogens with one attached hydrogen (secondary N) is 1. The Bertz CT molecular complexity index is 880. The molecule has 2 atom stereocenters. The van der Waals surface area contributed by atoms with Crippen molar-refractivity contribution >= 4 is 21.6 Å². The molecule has 0 heterocycles. The van der Waals surface area contributed by atoms with Gasteiger partial charge in [-0.2, -0.15) is 4.72 Å². The molecule has 2 aromatic carbocycles. The first-order valence-electron chi connectivity index (χ1n) is 7.64. The van der Waals surface area contributed by atoms with Crippen molar-refractivity contribution in [2.75, 3.05) is 7.11 Å². The lowest BCUT2D eigenvalue weighted by Gasteiger charge is -2.26. The fourth-order valence-electron chi connectivity index (χ4n) is 2.32. The molecule has 26 heavy (non-hydrogen) atoms. The molecular formula is C17H19ClN2O5S. The molecule has 0 saturated heterocycles. The van der Waals surface area contributed by atoms with Gasteiger partial charge in [0, 0.05) is 11.8 Å². The van der Waals surface area contributed by atoms with E-state index in [9.17, 15) is 18.5 Å². The Morgan fingerprint density at radius 3 is 2.15 bits per heavy atom. The van der Waals surface area contributed by atoms with Gasteiger partial charge in [-0.05, 0) is 48.4 Å². The minimum Gasteiger partial charge on any atom is -0.497 e. The highest BCUT2D eigenvalue weighted by Crippen LogP contribution is 2.34. The van der Waals surface area contributed by atoms with Crippen LogP contribution in [-0.2, 0) is 10.0 Å². The monoisotopic (exact) mass is 398 g/mol. The number of halogens is 1. The summed E-state index contributed by atoms with van der Waals surface area (Å²) < 4.78 is 32.8. The average molecular weight is 399 g/mol. The number of methoxy groups -OCH3 is 1. The zero-order chi connectivity index (χ0) is 19.5. The summed E-state index contributed by atoms with van der Waals surface area (Å²) in [7, 11) is -2.55. The zero-order valence-electron chi connectivity index (χ0n) is 14.5. The van der Waals surface area contributed by atoms with Crippen LogP contribution in [0.2, 0.25) is 0 Å². The van der Waals surface area contributed by atoms with Crippen LogP contribution in [0.4, 0.5) is 0 Å². The van der Waals surface area contributed by atoms with Crippen molar-refractivity contribution in [1.82, 2.24) is 4.72 Å². The van der Waals surface area contributed by atoms with Gasteiger partial charge in [0.05, 0.1) is 12.0 Å². The molecule has 2 rings (SSSR count). The lowest BCUT2D eigenvalue weighted by Crippen LogP contribution is -2.45. The predicted octanol–water partition coefficient (Wildman–Crippen LogP) is 3.25. The zero-order valence-corrected chi connectivity index (χ0v) is 16.0. The fraction of sp³-hybridized carbons (Fsp3) is 0.294. The summed E-state index contributed by atoms with van der Waals surface area (Å²) in [6.07, 6.45) is 0. The van der Waals surface area contributed by atoms with Gasteiger partial charge in [0.1, 0.15) is 11.8 Å². The molecule has 0 aromatic heterocycles. The van der Waals surface area contributed by atoms with Crippen LogP contribution in [0.1, 0.15) is 24.1 Å². The van der Waals surface area contributed by atoms with E-state index in [1.54, 1.807) is 24.3 Å². The topological polar surface area (TPSA) is 98.5 Å². The van der Waals surface area contributed by atoms with Gasteiger partial charge < -0.3 is 4.74 Å². The van der Waals surface area contributed by atoms with Crippen LogP contribution in [0, 0.1) is 17.0 Å². The molecule has 0 aliphatic heterocycles. The Kier molecular flexibility index (Phi) is 5.90. The average Bonchev–Trinajstić information content (AvgIpc) is 2.60. The maximum absolute atomic E-state index is 12.7. The number of hydrogen-bond acceptors (Lipinski definition) is 5. The number of benzene rings is 2. The van der Waals surface area contributed by atoms with Gasteiger partial charge in [-0.25, -0.2) is 8.42 Å². The van der Waals surface area contributed by atoms with Gasteiger partial charge in [-0.1, -0.05) is 29.8 Å². The van der Waals surface area contributed by atoms with E-state index in [1.807, 2.05) is 6.92 Å². The fourth-order valence-corrected chi connectivity index (χ4v) is 3.87. The van der Waals surface area contributed by atoms with Gasteiger partial charge in [0.15, 0.2) is 0 Å². The molecule has 9 heteroatoms. The Morgan fingerprint density at radius 1 is 1.15 bits per heavy atom. The lowest BCUT2D eigenvalue weighted by atomic mass is 10.0. The van der Waals surface area contributed by atoms with Crippen LogP contribution in [-0.4, -0.2) is 25.4 Å². The molecule has 7 nitrogen and oxygen atoms in total. The second kappa shape index (κ2) is 7.61. The van der Waals surface area contributed by atoms with Gasteiger partial charge in [-0.3, -0.25) is 10.1 Å². The summed E-state index contributed by atoms with van der Waals surface area (Å²) in [6.45, 7) is 2.98. The number of sulfonamides is 1. The predicted molar refractivity (Wildman–Crippen MR) is 98.5 cm³/mol. The molecule has 0 aliphatic carbocycles. The second-order valence-corrected chi connectivity index (χ2v) is 8.40. The SMILES string of the molecule is COc1ccc([C@@H](NS(=O)(=O)c2ccc(C)cc2)[C@@](C)(Cl)[N+](=O)[O-])cc1. The van der Waals surface area contributed by atoms with E-state index >= 15 is 0 Å². The quantitative estimate of drug-likeness (QED) is 0.334. The molecule has 0 unspecified atom stereocenters. The van der Waals surface area contributed by atoms with Crippen molar-refractivity contribution in [3.05, 3.63) is 69.8 Å². The number of nitrogens with zero attached hydrogens (tertiary/aromatic N) is 1. The Morgan fingerprint density at radius 2 is 1.69 bits per heavy atom. The van der Waals surface area contributed by atoms with Crippen molar-refractivity contribution in [2.45, 2.75) is 29.8 Å². The number of alkyl halides is 1. The van der Waals surface area contributed by atoms with Gasteiger partial charge in [0.2, 0.25) is 10.0 Å². The maximum Gasteiger partial charge on any atom is 0.312 e. The molecular weight excluding hydrogens is 380 g/mol. The van der Waals surface area contributed by atoms with Crippen molar-refractivity contribution in [1.29, 1.82) is 0 Å². The highest BCUT2D eigenvalue weighted by molar-refractivity contribution is 7.89. The third kappa shape index (κ3) is 4.32. The summed E-state index contributed by atoms with van der Waals surface area (Å²) in [5, 5.41) is 11.4. The summed E-state index contributed by atoms with van der Waals surface area (Å²) in [5.74, 6) is 0.534. The number of ether oxygens (including phenoxy) is 1. The highest BCUT2D eigenvalue weighted by Gasteiger charge is 2.47. The molecule has 140 valence electrons. The largest absolute Gasteiger partial charge is 0.497 e. The van der Waals surface area contributed by atoms with E-state index in [1.165, 1.54) is 31.4 Å². The van der Waals surface area contributed by atoms with Crippen molar-refractivity contribution in [3.8, 4) is 5.75 Å². The lowest BCUT2D eigenvalue weighted by molar-refractivity contribution is -0.542. The number of aryl methyl sites for hydroxylation is 1. The summed E-state index contributed by atoms with van der Waals surface area (Å²) in [6, 6.07) is 11.1. The molecule has 0 saturated carbocycles. The summed E-state index contributed by atoms with van der Waals surface area (Å²) in [4.78, 5) is 8.63. The van der Waals surface area contributed by atoms with Crippen molar-refractivity contribution in [3.63, 3.8) is 0 Å². The molecule has 0 bridgehead atoms. The first kappa shape index (κ1) is 20.2. The second-order valence-electron chi connectivity index (χ2n) is 5.92. The Balaban J connectivity index is 2.46. The Labute approximate surface area is 157 Å². The van der Waals surface area contributed by atoms with Crippen LogP contribution in [0.15, 0.2) is 53.4 Å². The smallest absolute Gasteiger partial charge is 0.312 e. The van der Waals surface area contributed by atoms with Crippen LogP contribution in [0.3, 0.4) is 0 Å². The minimum absolute atomic E-state index is 0.00238. The molecule has 0 amide bonds. The first-order valence-corrected chi connectivity index (χ1v) is 9.50. The number of hydrogen-bond donors (Lipinski definition) is 1. The molecule has 0 radical (unpaired) electrons. The van der Waals surface area contributed by atoms with E-state index in [2.05, 4.69) is 4.72 Å². The maximum atomic E-state index is 12.7. The van der Waals surface area contributed by atoms with E-state index < -0.39 is 26.0 Å². The van der Waals surface area contributed by atoms with Crippen LogP contribution in [0.5, 0.6) is 5.75 Å². The van der Waals surface area contributed by atoms with Gasteiger partial charge >= 0.3 is 5.00 Å². The van der Waals surface area contributed by atoms with Crippen molar-refractivity contribution < 1.29 is 18.1 Å². The van der Waals surface area contributed by atoms with Gasteiger partial charge in [0.25, 0.3) is 0 Å². The molecule has 2 aromatic rings. The normalized spacial score (nSPS) is 15.1. The molecule has 0 aliphatic rings. The van der Waals surface area contributed by atoms with Gasteiger partial charge in [-0.15, -0.1) is 0 Å². The minimum atomic E-state index is -4.03. The first-order chi connectivity index (χ1) is 12.1. The van der Waals surface area contributed by atoms with Crippen LogP contribution >= 0.6 is 11.6 Å². The molecule has 1 N–H and O–H groups in total. The van der Waals surface area contributed by atoms with Crippen LogP contribution in [0.25, 0.3) is 0 Å². The number of rotatable bonds is 7. The highest BCUT2D eigenvalue weighted by atomic mass is 35.5. The van der Waals surface area contributed by atoms with Crippen LogP contribution < -0.4 is 9.46 Å². The third-order valence-corrected chi connectivity index (χ3v) is 5.73. The summed E-state index contributed by atoms with van der Waals surface area (Å²) in [5.41, 5.74) is 1.24. The third-order valence-electron chi connectivity index (χ3n) is 3.94.